The molecule has 0 radical (unpaired) electrons. The molecule has 1 fully saturated rings. The fraction of sp³-hybridized carbons (Fsp3) is 0.273. The first-order chi connectivity index (χ1) is 14.0. The Kier molecular flexibility index (Phi) is 6.51. The van der Waals surface area contributed by atoms with E-state index in [1.54, 1.807) is 36.2 Å². The van der Waals surface area contributed by atoms with Crippen molar-refractivity contribution in [2.45, 2.75) is 19.3 Å². The Balaban J connectivity index is 1.66. The number of ether oxygens (including phenoxy) is 1. The average Bonchev–Trinajstić information content (AvgIpc) is 2.75. The predicted octanol–water partition coefficient (Wildman–Crippen LogP) is 3.31. The highest BCUT2D eigenvalue weighted by Gasteiger charge is 2.20. The van der Waals surface area contributed by atoms with E-state index in [-0.39, 0.29) is 17.5 Å². The molecule has 3 rings (SSSR count). The molecule has 1 saturated heterocycles. The van der Waals surface area contributed by atoms with Crippen molar-refractivity contribution in [1.82, 2.24) is 5.43 Å². The Morgan fingerprint density at radius 1 is 1.10 bits per heavy atom. The Hall–Kier alpha value is -3.32. The Morgan fingerprint density at radius 3 is 2.38 bits per heavy atom. The minimum atomic E-state index is -0.336. The minimum Gasteiger partial charge on any atom is -0.497 e. The van der Waals surface area contributed by atoms with Crippen LogP contribution in [-0.4, -0.2) is 32.5 Å². The normalized spacial score (nSPS) is 13.7. The van der Waals surface area contributed by atoms with Gasteiger partial charge in [-0.1, -0.05) is 6.58 Å². The maximum absolute atomic E-state index is 12.7. The lowest BCUT2D eigenvalue weighted by Crippen LogP contribution is -2.38. The van der Waals surface area contributed by atoms with Crippen LogP contribution in [0.4, 0.5) is 17.1 Å². The Bertz CT molecular complexity index is 878. The Labute approximate surface area is 170 Å². The summed E-state index contributed by atoms with van der Waals surface area (Å²) in [4.78, 5) is 26.5. The fourth-order valence-electron chi connectivity index (χ4n) is 3.26. The number of carbonyl (C=O) groups excluding carboxylic acids is 2. The molecule has 0 aliphatic carbocycles. The van der Waals surface area contributed by atoms with E-state index in [9.17, 15) is 9.59 Å². The van der Waals surface area contributed by atoms with Gasteiger partial charge in [-0.3, -0.25) is 14.6 Å². The third-order valence-corrected chi connectivity index (χ3v) is 4.85. The molecule has 0 spiro atoms. The summed E-state index contributed by atoms with van der Waals surface area (Å²) in [5.41, 5.74) is 5.45. The zero-order chi connectivity index (χ0) is 20.8. The van der Waals surface area contributed by atoms with Gasteiger partial charge < -0.3 is 15.0 Å². The molecule has 0 atom stereocenters. The van der Waals surface area contributed by atoms with Crippen molar-refractivity contribution < 1.29 is 14.3 Å². The van der Waals surface area contributed by atoms with E-state index in [0.717, 1.165) is 36.5 Å². The van der Waals surface area contributed by atoms with Crippen LogP contribution < -0.4 is 25.4 Å². The second kappa shape index (κ2) is 9.25. The molecule has 2 aromatic rings. The SMILES string of the molecule is C=C(C(=O)Nc1ccc(N2CCCCC2=O)cc1)N(NC)c1ccc(OC)cc1. The molecule has 2 aromatic carbocycles. The van der Waals surface area contributed by atoms with E-state index in [1.165, 1.54) is 0 Å². The number of hydrogen-bond donors (Lipinski definition) is 2. The predicted molar refractivity (Wildman–Crippen MR) is 115 cm³/mol. The zero-order valence-electron chi connectivity index (χ0n) is 16.8. The molecule has 7 nitrogen and oxygen atoms in total. The maximum atomic E-state index is 12.7. The van der Waals surface area contributed by atoms with Crippen molar-refractivity contribution in [1.29, 1.82) is 0 Å². The third-order valence-electron chi connectivity index (χ3n) is 4.85. The molecule has 29 heavy (non-hydrogen) atoms. The van der Waals surface area contributed by atoms with Gasteiger partial charge in [0.1, 0.15) is 11.4 Å². The highest BCUT2D eigenvalue weighted by atomic mass is 16.5. The quantitative estimate of drug-likeness (QED) is 0.557. The zero-order valence-corrected chi connectivity index (χ0v) is 16.8. The van der Waals surface area contributed by atoms with Crippen LogP contribution in [0, 0.1) is 0 Å². The van der Waals surface area contributed by atoms with E-state index >= 15 is 0 Å². The summed E-state index contributed by atoms with van der Waals surface area (Å²) in [6.07, 6.45) is 2.54. The summed E-state index contributed by atoms with van der Waals surface area (Å²) in [7, 11) is 3.32. The van der Waals surface area contributed by atoms with Crippen molar-refractivity contribution in [2.75, 3.05) is 35.9 Å². The van der Waals surface area contributed by atoms with Crippen LogP contribution in [0.25, 0.3) is 0 Å². The number of nitrogens with one attached hydrogen (secondary N) is 2. The van der Waals surface area contributed by atoms with Crippen LogP contribution in [0.5, 0.6) is 5.75 Å². The first kappa shape index (κ1) is 20.4. The Morgan fingerprint density at radius 2 is 1.79 bits per heavy atom. The van der Waals surface area contributed by atoms with Gasteiger partial charge in [0.05, 0.1) is 12.8 Å². The van der Waals surface area contributed by atoms with Gasteiger partial charge in [0.15, 0.2) is 0 Å². The highest BCUT2D eigenvalue weighted by molar-refractivity contribution is 6.05. The van der Waals surface area contributed by atoms with E-state index < -0.39 is 0 Å². The lowest BCUT2D eigenvalue weighted by Gasteiger charge is -2.27. The van der Waals surface area contributed by atoms with Gasteiger partial charge in [-0.15, -0.1) is 0 Å². The molecule has 0 saturated carbocycles. The van der Waals surface area contributed by atoms with Crippen LogP contribution in [0.2, 0.25) is 0 Å². The lowest BCUT2D eigenvalue weighted by atomic mass is 10.1. The molecule has 1 aliphatic rings. The molecule has 0 aromatic heterocycles. The van der Waals surface area contributed by atoms with Crippen LogP contribution in [-0.2, 0) is 9.59 Å². The fourth-order valence-corrected chi connectivity index (χ4v) is 3.26. The largest absolute Gasteiger partial charge is 0.497 e. The number of hydrogen-bond acceptors (Lipinski definition) is 5. The number of hydrazine groups is 1. The van der Waals surface area contributed by atoms with Gasteiger partial charge in [0, 0.05) is 31.4 Å². The van der Waals surface area contributed by atoms with Crippen molar-refractivity contribution in [2.24, 2.45) is 0 Å². The van der Waals surface area contributed by atoms with Gasteiger partial charge in [0.2, 0.25) is 5.91 Å². The number of carbonyl (C=O) groups is 2. The van der Waals surface area contributed by atoms with Crippen molar-refractivity contribution in [3.63, 3.8) is 0 Å². The van der Waals surface area contributed by atoms with Crippen LogP contribution in [0.1, 0.15) is 19.3 Å². The number of piperidine rings is 1. The first-order valence-corrected chi connectivity index (χ1v) is 9.55. The number of amides is 2. The molecule has 152 valence electrons. The number of rotatable bonds is 7. The summed E-state index contributed by atoms with van der Waals surface area (Å²) >= 11 is 0. The van der Waals surface area contributed by atoms with E-state index in [2.05, 4.69) is 17.3 Å². The summed E-state index contributed by atoms with van der Waals surface area (Å²) < 4.78 is 5.16. The first-order valence-electron chi connectivity index (χ1n) is 9.55. The van der Waals surface area contributed by atoms with E-state index in [4.69, 9.17) is 4.74 Å². The van der Waals surface area contributed by atoms with Crippen molar-refractivity contribution in [3.8, 4) is 5.75 Å². The van der Waals surface area contributed by atoms with Gasteiger partial charge in [-0.05, 0) is 61.4 Å². The topological polar surface area (TPSA) is 73.9 Å². The van der Waals surface area contributed by atoms with Gasteiger partial charge in [0.25, 0.3) is 5.91 Å². The summed E-state index contributed by atoms with van der Waals surface area (Å²) in [5, 5.41) is 4.43. The minimum absolute atomic E-state index is 0.144. The molecule has 2 amide bonds. The number of anilines is 3. The van der Waals surface area contributed by atoms with Crippen molar-refractivity contribution in [3.05, 3.63) is 60.8 Å². The summed E-state index contributed by atoms with van der Waals surface area (Å²) in [6.45, 7) is 4.65. The molecular formula is C22H26N4O3. The third kappa shape index (κ3) is 4.75. The highest BCUT2D eigenvalue weighted by Crippen LogP contribution is 2.24. The molecule has 0 unspecified atom stereocenters. The van der Waals surface area contributed by atoms with Gasteiger partial charge in [-0.2, -0.15) is 0 Å². The van der Waals surface area contributed by atoms with E-state index in [0.29, 0.717) is 12.1 Å². The molecular weight excluding hydrogens is 368 g/mol. The maximum Gasteiger partial charge on any atom is 0.273 e. The van der Waals surface area contributed by atoms with E-state index in [1.807, 2.05) is 36.4 Å². The number of nitrogens with zero attached hydrogens (tertiary/aromatic N) is 2. The second-order valence-electron chi connectivity index (χ2n) is 6.71. The molecule has 2 N–H and O–H groups in total. The molecule has 1 aliphatic heterocycles. The van der Waals surface area contributed by atoms with Crippen LogP contribution >= 0.6 is 0 Å². The summed E-state index contributed by atoms with van der Waals surface area (Å²) in [6, 6.07) is 14.6. The molecule has 1 heterocycles. The lowest BCUT2D eigenvalue weighted by molar-refractivity contribution is -0.119. The monoisotopic (exact) mass is 394 g/mol. The molecule has 7 heteroatoms. The average molecular weight is 394 g/mol. The van der Waals surface area contributed by atoms with Crippen LogP contribution in [0.15, 0.2) is 60.8 Å². The standard InChI is InChI=1S/C22H26N4O3/c1-16(26(23-2)19-11-13-20(29-3)14-12-19)22(28)24-17-7-9-18(10-8-17)25-15-5-4-6-21(25)27/h7-14,23H,1,4-6,15H2,2-3H3,(H,24,28). The van der Waals surface area contributed by atoms with Gasteiger partial charge in [-0.25, -0.2) is 5.43 Å². The number of benzene rings is 2. The van der Waals surface area contributed by atoms with Crippen LogP contribution in [0.3, 0.4) is 0 Å². The number of methoxy groups -OCH3 is 1. The second-order valence-corrected chi connectivity index (χ2v) is 6.71. The van der Waals surface area contributed by atoms with Crippen molar-refractivity contribution >= 4 is 28.9 Å². The smallest absolute Gasteiger partial charge is 0.273 e. The van der Waals surface area contributed by atoms with Gasteiger partial charge >= 0.3 is 0 Å². The summed E-state index contributed by atoms with van der Waals surface area (Å²) in [5.74, 6) is 0.537. The molecule has 0 bridgehead atoms.